The summed E-state index contributed by atoms with van der Waals surface area (Å²) in [7, 11) is -3.39. The third-order valence-corrected chi connectivity index (χ3v) is 4.55. The van der Waals surface area contributed by atoms with Crippen molar-refractivity contribution >= 4 is 21.1 Å². The molecule has 0 amide bonds. The lowest BCUT2D eigenvalue weighted by atomic mass is 10.1. The van der Waals surface area contributed by atoms with E-state index < -0.39 is 9.84 Å². The Morgan fingerprint density at radius 3 is 2.85 bits per heavy atom. The Bertz CT molecular complexity index is 783. The number of pyridine rings is 1. The van der Waals surface area contributed by atoms with Crippen molar-refractivity contribution in [1.82, 2.24) is 4.98 Å². The molecule has 0 saturated heterocycles. The zero-order valence-electron chi connectivity index (χ0n) is 10.5. The molecule has 1 aromatic carbocycles. The number of hydrogen-bond acceptors (Lipinski definition) is 5. The van der Waals surface area contributed by atoms with Crippen molar-refractivity contribution in [2.75, 3.05) is 12.3 Å². The van der Waals surface area contributed by atoms with E-state index in [0.29, 0.717) is 22.6 Å². The van der Waals surface area contributed by atoms with E-state index in [4.69, 9.17) is 10.5 Å². The highest BCUT2D eigenvalue weighted by Gasteiger charge is 2.27. The topological polar surface area (TPSA) is 82.3 Å². The Kier molecular flexibility index (Phi) is 2.94. The van der Waals surface area contributed by atoms with Crippen LogP contribution in [0.5, 0.6) is 5.75 Å². The van der Waals surface area contributed by atoms with E-state index in [0.717, 1.165) is 0 Å². The van der Waals surface area contributed by atoms with E-state index in [2.05, 4.69) is 4.98 Å². The summed E-state index contributed by atoms with van der Waals surface area (Å²) in [5.41, 5.74) is 7.44. The van der Waals surface area contributed by atoms with Crippen LogP contribution in [0.25, 0.3) is 5.57 Å². The molecule has 0 atom stereocenters. The molecule has 1 aliphatic heterocycles. The minimum absolute atomic E-state index is 0.154. The van der Waals surface area contributed by atoms with Gasteiger partial charge in [0.15, 0.2) is 0 Å². The maximum absolute atomic E-state index is 12.0. The standard InChI is InChI=1S/C14H12N2O3S/c15-11-3-4-14-13(6-11)10(9-20(14,17)18)8-19-12-2-1-5-16-7-12/h1-7,9H,8,15H2. The van der Waals surface area contributed by atoms with Crippen molar-refractivity contribution in [2.24, 2.45) is 0 Å². The number of anilines is 1. The number of nitrogens with zero attached hydrogens (tertiary/aromatic N) is 1. The minimum atomic E-state index is -3.39. The summed E-state index contributed by atoms with van der Waals surface area (Å²) in [5, 5.41) is 1.23. The molecule has 0 unspecified atom stereocenters. The normalized spacial score (nSPS) is 15.5. The summed E-state index contributed by atoms with van der Waals surface area (Å²) < 4.78 is 29.5. The second kappa shape index (κ2) is 4.64. The van der Waals surface area contributed by atoms with Crippen LogP contribution in [0.15, 0.2) is 53.0 Å². The van der Waals surface area contributed by atoms with Gasteiger partial charge in [-0.05, 0) is 30.3 Å². The van der Waals surface area contributed by atoms with Crippen molar-refractivity contribution in [3.8, 4) is 5.75 Å². The first kappa shape index (κ1) is 12.7. The third kappa shape index (κ3) is 2.25. The van der Waals surface area contributed by atoms with Gasteiger partial charge < -0.3 is 10.5 Å². The Hall–Kier alpha value is -2.34. The molecule has 0 radical (unpaired) electrons. The predicted molar refractivity (Wildman–Crippen MR) is 75.7 cm³/mol. The molecule has 102 valence electrons. The van der Waals surface area contributed by atoms with Crippen LogP contribution in [-0.2, 0) is 9.84 Å². The zero-order chi connectivity index (χ0) is 14.2. The van der Waals surface area contributed by atoms with Crippen molar-refractivity contribution in [3.63, 3.8) is 0 Å². The highest BCUT2D eigenvalue weighted by molar-refractivity contribution is 7.95. The average molecular weight is 288 g/mol. The molecule has 0 bridgehead atoms. The fourth-order valence-corrected chi connectivity index (χ4v) is 3.52. The van der Waals surface area contributed by atoms with Crippen LogP contribution in [0.1, 0.15) is 5.56 Å². The molecule has 2 N–H and O–H groups in total. The van der Waals surface area contributed by atoms with Crippen molar-refractivity contribution in [1.29, 1.82) is 0 Å². The molecule has 3 rings (SSSR count). The Morgan fingerprint density at radius 1 is 1.25 bits per heavy atom. The number of nitrogens with two attached hydrogens (primary N) is 1. The summed E-state index contributed by atoms with van der Waals surface area (Å²) in [6, 6.07) is 8.26. The summed E-state index contributed by atoms with van der Waals surface area (Å²) in [6.07, 6.45) is 3.21. The first-order chi connectivity index (χ1) is 9.56. The van der Waals surface area contributed by atoms with Crippen LogP contribution in [0, 0.1) is 0 Å². The van der Waals surface area contributed by atoms with Gasteiger partial charge in [0.2, 0.25) is 9.84 Å². The first-order valence-corrected chi connectivity index (χ1v) is 7.49. The van der Waals surface area contributed by atoms with Gasteiger partial charge in [-0.2, -0.15) is 0 Å². The van der Waals surface area contributed by atoms with Crippen molar-refractivity contribution < 1.29 is 13.2 Å². The molecule has 0 fully saturated rings. The molecule has 2 aromatic rings. The number of rotatable bonds is 3. The van der Waals surface area contributed by atoms with Crippen LogP contribution in [0.2, 0.25) is 0 Å². The van der Waals surface area contributed by atoms with Gasteiger partial charge in [0.05, 0.1) is 11.1 Å². The van der Waals surface area contributed by atoms with Gasteiger partial charge in [-0.25, -0.2) is 8.42 Å². The second-order valence-corrected chi connectivity index (χ2v) is 6.19. The second-order valence-electron chi connectivity index (χ2n) is 4.42. The number of fused-ring (bicyclic) bond motifs is 1. The van der Waals surface area contributed by atoms with Gasteiger partial charge in [0, 0.05) is 28.4 Å². The van der Waals surface area contributed by atoms with E-state index in [1.54, 1.807) is 36.7 Å². The summed E-state index contributed by atoms with van der Waals surface area (Å²) >= 11 is 0. The number of sulfone groups is 1. The van der Waals surface area contributed by atoms with Crippen LogP contribution in [0.4, 0.5) is 5.69 Å². The largest absolute Gasteiger partial charge is 0.487 e. The molecular formula is C14H12N2O3S. The molecule has 0 spiro atoms. The number of ether oxygens (including phenoxy) is 1. The molecule has 1 aliphatic rings. The average Bonchev–Trinajstić information content (AvgIpc) is 2.68. The highest BCUT2D eigenvalue weighted by Crippen LogP contribution is 2.34. The van der Waals surface area contributed by atoms with Crippen LogP contribution in [0.3, 0.4) is 0 Å². The number of nitrogen functional groups attached to an aromatic ring is 1. The van der Waals surface area contributed by atoms with Crippen LogP contribution < -0.4 is 10.5 Å². The van der Waals surface area contributed by atoms with E-state index in [-0.39, 0.29) is 11.5 Å². The van der Waals surface area contributed by atoms with E-state index in [1.807, 2.05) is 0 Å². The van der Waals surface area contributed by atoms with Crippen molar-refractivity contribution in [3.05, 3.63) is 53.7 Å². The van der Waals surface area contributed by atoms with Crippen LogP contribution >= 0.6 is 0 Å². The molecule has 0 aliphatic carbocycles. The lowest BCUT2D eigenvalue weighted by Gasteiger charge is -2.07. The summed E-state index contributed by atoms with van der Waals surface area (Å²) in [4.78, 5) is 4.21. The Morgan fingerprint density at radius 2 is 2.10 bits per heavy atom. The maximum Gasteiger partial charge on any atom is 0.200 e. The number of benzene rings is 1. The fourth-order valence-electron chi connectivity index (χ4n) is 2.07. The van der Waals surface area contributed by atoms with Gasteiger partial charge in [0.1, 0.15) is 12.4 Å². The summed E-state index contributed by atoms with van der Waals surface area (Å²) in [5.74, 6) is 0.586. The minimum Gasteiger partial charge on any atom is -0.487 e. The number of aromatic nitrogens is 1. The molecule has 20 heavy (non-hydrogen) atoms. The van der Waals surface area contributed by atoms with Crippen molar-refractivity contribution in [2.45, 2.75) is 4.90 Å². The molecule has 2 heterocycles. The Labute approximate surface area is 116 Å². The first-order valence-electron chi connectivity index (χ1n) is 5.95. The molecule has 0 saturated carbocycles. The summed E-state index contributed by atoms with van der Waals surface area (Å²) in [6.45, 7) is 0.154. The lowest BCUT2D eigenvalue weighted by Crippen LogP contribution is -2.00. The van der Waals surface area contributed by atoms with E-state index in [1.165, 1.54) is 11.5 Å². The molecule has 1 aromatic heterocycles. The van der Waals surface area contributed by atoms with Crippen LogP contribution in [-0.4, -0.2) is 20.0 Å². The lowest BCUT2D eigenvalue weighted by molar-refractivity contribution is 0.368. The monoisotopic (exact) mass is 288 g/mol. The zero-order valence-corrected chi connectivity index (χ0v) is 11.3. The highest BCUT2D eigenvalue weighted by atomic mass is 32.2. The van der Waals surface area contributed by atoms with Gasteiger partial charge in [0.25, 0.3) is 0 Å². The number of hydrogen-bond donors (Lipinski definition) is 1. The SMILES string of the molecule is Nc1ccc2c(c1)C(COc1cccnc1)=CS2(=O)=O. The molecule has 5 nitrogen and oxygen atoms in total. The predicted octanol–water partition coefficient (Wildman–Crippen LogP) is 1.87. The quantitative estimate of drug-likeness (QED) is 0.872. The van der Waals surface area contributed by atoms with Gasteiger partial charge in [-0.15, -0.1) is 0 Å². The molecular weight excluding hydrogens is 276 g/mol. The molecule has 6 heteroatoms. The van der Waals surface area contributed by atoms with Gasteiger partial charge >= 0.3 is 0 Å². The smallest absolute Gasteiger partial charge is 0.200 e. The van der Waals surface area contributed by atoms with E-state index >= 15 is 0 Å². The third-order valence-electron chi connectivity index (χ3n) is 2.98. The Balaban J connectivity index is 1.91. The maximum atomic E-state index is 12.0. The van der Waals surface area contributed by atoms with Gasteiger partial charge in [-0.1, -0.05) is 0 Å². The van der Waals surface area contributed by atoms with E-state index in [9.17, 15) is 8.42 Å². The fraction of sp³-hybridized carbons (Fsp3) is 0.0714. The van der Waals surface area contributed by atoms with Gasteiger partial charge in [-0.3, -0.25) is 4.98 Å².